The minimum absolute atomic E-state index is 0.491. The van der Waals surface area contributed by atoms with E-state index < -0.39 is 6.04 Å². The minimum Gasteiger partial charge on any atom is -0.339 e. The second-order valence-corrected chi connectivity index (χ2v) is 3.62. The third-order valence-electron chi connectivity index (χ3n) is 2.64. The van der Waals surface area contributed by atoms with Crippen molar-refractivity contribution < 1.29 is 4.79 Å². The number of carbonyl (C=O) groups is 1. The van der Waals surface area contributed by atoms with Crippen LogP contribution in [0, 0.1) is 23.7 Å². The van der Waals surface area contributed by atoms with E-state index in [2.05, 4.69) is 16.2 Å². The van der Waals surface area contributed by atoms with Crippen LogP contribution in [0.25, 0.3) is 10.8 Å². The number of aromatic nitrogens is 1. The van der Waals surface area contributed by atoms with Gasteiger partial charge in [-0.15, -0.1) is 6.42 Å². The first-order valence-corrected chi connectivity index (χ1v) is 5.24. The molecule has 1 amide bonds. The van der Waals surface area contributed by atoms with Gasteiger partial charge in [0.05, 0.1) is 6.07 Å². The molecule has 2 rings (SSSR count). The predicted molar refractivity (Wildman–Crippen MR) is 67.2 cm³/mol. The van der Waals surface area contributed by atoms with Crippen molar-refractivity contribution in [1.82, 2.24) is 10.3 Å². The van der Waals surface area contributed by atoms with E-state index in [-0.39, 0.29) is 0 Å². The molecular weight excluding hydrogens is 226 g/mol. The van der Waals surface area contributed by atoms with E-state index in [1.165, 1.54) is 0 Å². The number of pyridine rings is 1. The molecule has 18 heavy (non-hydrogen) atoms. The summed E-state index contributed by atoms with van der Waals surface area (Å²) in [6, 6.07) is 6.74. The molecule has 4 nitrogen and oxygen atoms in total. The lowest BCUT2D eigenvalue weighted by Gasteiger charge is -2.12. The molecular formula is C14H9N3O. The van der Waals surface area contributed by atoms with Gasteiger partial charge in [-0.3, -0.25) is 9.78 Å². The molecule has 1 N–H and O–H groups in total. The van der Waals surface area contributed by atoms with E-state index in [0.29, 0.717) is 17.5 Å². The van der Waals surface area contributed by atoms with E-state index in [9.17, 15) is 4.79 Å². The van der Waals surface area contributed by atoms with Gasteiger partial charge in [-0.05, 0) is 6.07 Å². The zero-order valence-electron chi connectivity index (χ0n) is 9.42. The third-order valence-corrected chi connectivity index (χ3v) is 2.64. The van der Waals surface area contributed by atoms with Gasteiger partial charge in [0, 0.05) is 34.3 Å². The smallest absolute Gasteiger partial charge is 0.208 e. The average Bonchev–Trinajstić information content (AvgIpc) is 2.43. The number of benzene rings is 1. The third kappa shape index (κ3) is 1.88. The highest BCUT2D eigenvalue weighted by molar-refractivity contribution is 5.91. The molecule has 4 heteroatoms. The Hall–Kier alpha value is -2.85. The van der Waals surface area contributed by atoms with Crippen molar-refractivity contribution in [2.75, 3.05) is 0 Å². The Balaban J connectivity index is 2.75. The topological polar surface area (TPSA) is 65.8 Å². The summed E-state index contributed by atoms with van der Waals surface area (Å²) in [5.41, 5.74) is 1.29. The minimum atomic E-state index is -0.756. The van der Waals surface area contributed by atoms with Crippen molar-refractivity contribution in [2.45, 2.75) is 6.04 Å². The van der Waals surface area contributed by atoms with Crippen molar-refractivity contribution >= 4 is 17.2 Å². The predicted octanol–water partition coefficient (Wildman–Crippen LogP) is 1.53. The fourth-order valence-electron chi connectivity index (χ4n) is 1.87. The summed E-state index contributed by atoms with van der Waals surface area (Å²) in [6.45, 7) is 0. The SMILES string of the molecule is C#Cc1cccc2cncc(C(C#N)NC=O)c12. The number of carbonyl (C=O) groups excluding carboxylic acids is 1. The largest absolute Gasteiger partial charge is 0.339 e. The Morgan fingerprint density at radius 2 is 2.28 bits per heavy atom. The van der Waals surface area contributed by atoms with Crippen molar-refractivity contribution in [2.24, 2.45) is 0 Å². The quantitative estimate of drug-likeness (QED) is 0.648. The molecule has 1 aromatic heterocycles. The van der Waals surface area contributed by atoms with Crippen molar-refractivity contribution in [3.63, 3.8) is 0 Å². The molecule has 0 spiro atoms. The van der Waals surface area contributed by atoms with Gasteiger partial charge in [-0.1, -0.05) is 18.1 Å². The number of rotatable bonds is 3. The second-order valence-electron chi connectivity index (χ2n) is 3.62. The van der Waals surface area contributed by atoms with Gasteiger partial charge >= 0.3 is 0 Å². The Morgan fingerprint density at radius 1 is 1.44 bits per heavy atom. The van der Waals surface area contributed by atoms with Crippen LogP contribution in [0.3, 0.4) is 0 Å². The van der Waals surface area contributed by atoms with Gasteiger partial charge in [-0.2, -0.15) is 5.26 Å². The highest BCUT2D eigenvalue weighted by atomic mass is 16.1. The molecule has 1 atom stereocenters. The van der Waals surface area contributed by atoms with Crippen LogP contribution in [-0.2, 0) is 4.79 Å². The van der Waals surface area contributed by atoms with Crippen LogP contribution in [-0.4, -0.2) is 11.4 Å². The first-order valence-electron chi connectivity index (χ1n) is 5.24. The van der Waals surface area contributed by atoms with Gasteiger partial charge in [0.1, 0.15) is 6.04 Å². The molecule has 1 aromatic carbocycles. The van der Waals surface area contributed by atoms with Crippen LogP contribution in [0.2, 0.25) is 0 Å². The number of nitriles is 1. The van der Waals surface area contributed by atoms with Crippen LogP contribution < -0.4 is 5.32 Å². The number of fused-ring (bicyclic) bond motifs is 1. The molecule has 0 radical (unpaired) electrons. The highest BCUT2D eigenvalue weighted by Crippen LogP contribution is 2.25. The number of hydrogen-bond donors (Lipinski definition) is 1. The van der Waals surface area contributed by atoms with Crippen LogP contribution in [0.4, 0.5) is 0 Å². The molecule has 86 valence electrons. The fourth-order valence-corrected chi connectivity index (χ4v) is 1.87. The lowest BCUT2D eigenvalue weighted by Crippen LogP contribution is -2.18. The zero-order valence-corrected chi connectivity index (χ0v) is 9.42. The van der Waals surface area contributed by atoms with Crippen LogP contribution in [0.15, 0.2) is 30.6 Å². The number of amides is 1. The van der Waals surface area contributed by atoms with Crippen molar-refractivity contribution in [1.29, 1.82) is 5.26 Å². The van der Waals surface area contributed by atoms with E-state index in [1.54, 1.807) is 18.5 Å². The summed E-state index contributed by atoms with van der Waals surface area (Å²) in [4.78, 5) is 14.6. The number of hydrogen-bond acceptors (Lipinski definition) is 3. The first kappa shape index (κ1) is 11.6. The molecule has 0 aliphatic rings. The molecule has 1 heterocycles. The van der Waals surface area contributed by atoms with Gasteiger partial charge in [0.25, 0.3) is 0 Å². The maximum Gasteiger partial charge on any atom is 0.208 e. The average molecular weight is 235 g/mol. The molecule has 0 saturated carbocycles. The number of nitrogens with zero attached hydrogens (tertiary/aromatic N) is 2. The van der Waals surface area contributed by atoms with E-state index in [1.807, 2.05) is 18.2 Å². The fraction of sp³-hybridized carbons (Fsp3) is 0.0714. The molecule has 1 unspecified atom stereocenters. The Labute approximate surface area is 104 Å². The van der Waals surface area contributed by atoms with Crippen molar-refractivity contribution in [3.05, 3.63) is 41.7 Å². The Bertz CT molecular complexity index is 674. The highest BCUT2D eigenvalue weighted by Gasteiger charge is 2.14. The maximum absolute atomic E-state index is 10.5. The van der Waals surface area contributed by atoms with Gasteiger partial charge in [0.2, 0.25) is 6.41 Å². The van der Waals surface area contributed by atoms with Crippen LogP contribution in [0.5, 0.6) is 0 Å². The Kier molecular flexibility index (Phi) is 3.22. The zero-order chi connectivity index (χ0) is 13.0. The first-order chi connectivity index (χ1) is 8.81. The van der Waals surface area contributed by atoms with E-state index >= 15 is 0 Å². The standard InChI is InChI=1S/C14H9N3O/c1-2-10-4-3-5-11-7-16-8-12(14(10)11)13(6-15)17-9-18/h1,3-5,7-9,13H,(H,17,18). The van der Waals surface area contributed by atoms with E-state index in [4.69, 9.17) is 11.7 Å². The lowest BCUT2D eigenvalue weighted by atomic mass is 9.98. The van der Waals surface area contributed by atoms with Gasteiger partial charge in [-0.25, -0.2) is 0 Å². The molecule has 0 saturated heterocycles. The lowest BCUT2D eigenvalue weighted by molar-refractivity contribution is -0.109. The summed E-state index contributed by atoms with van der Waals surface area (Å²) in [5, 5.41) is 13.1. The number of terminal acetylenes is 1. The molecule has 0 bridgehead atoms. The maximum atomic E-state index is 10.5. The molecule has 0 fully saturated rings. The number of nitrogens with one attached hydrogen (secondary N) is 1. The Morgan fingerprint density at radius 3 is 2.94 bits per heavy atom. The summed E-state index contributed by atoms with van der Waals surface area (Å²) >= 11 is 0. The van der Waals surface area contributed by atoms with E-state index in [0.717, 1.165) is 10.8 Å². The normalized spacial score (nSPS) is 11.2. The van der Waals surface area contributed by atoms with Gasteiger partial charge in [0.15, 0.2) is 0 Å². The molecule has 0 aliphatic carbocycles. The van der Waals surface area contributed by atoms with Crippen LogP contribution in [0.1, 0.15) is 17.2 Å². The summed E-state index contributed by atoms with van der Waals surface area (Å²) in [5.74, 6) is 2.58. The van der Waals surface area contributed by atoms with Crippen molar-refractivity contribution in [3.8, 4) is 18.4 Å². The monoisotopic (exact) mass is 235 g/mol. The summed E-state index contributed by atoms with van der Waals surface area (Å²) in [6.07, 6.45) is 9.17. The van der Waals surface area contributed by atoms with Gasteiger partial charge < -0.3 is 5.32 Å². The summed E-state index contributed by atoms with van der Waals surface area (Å²) in [7, 11) is 0. The second kappa shape index (κ2) is 4.99. The molecule has 2 aromatic rings. The molecule has 0 aliphatic heterocycles. The summed E-state index contributed by atoms with van der Waals surface area (Å²) < 4.78 is 0. The van der Waals surface area contributed by atoms with Crippen LogP contribution >= 0.6 is 0 Å².